The lowest BCUT2D eigenvalue weighted by Gasteiger charge is -2.36. The molecule has 1 aliphatic carbocycles. The molecule has 0 unspecified atom stereocenters. The Morgan fingerprint density at radius 2 is 2.05 bits per heavy atom. The highest BCUT2D eigenvalue weighted by molar-refractivity contribution is 9.10. The van der Waals surface area contributed by atoms with Crippen molar-refractivity contribution in [1.82, 2.24) is 15.1 Å². The zero-order valence-electron chi connectivity index (χ0n) is 11.9. The number of halogens is 1. The highest BCUT2D eigenvalue weighted by Gasteiger charge is 2.31. The fourth-order valence-electron chi connectivity index (χ4n) is 2.93. The molecule has 1 aromatic rings. The van der Waals surface area contributed by atoms with Gasteiger partial charge in [0, 0.05) is 18.6 Å². The second-order valence-corrected chi connectivity index (χ2v) is 6.31. The third-order valence-electron chi connectivity index (χ3n) is 4.20. The SMILES string of the molecule is CCn1nc(C)c(Br)c1CNC1(CO)CCCCC1. The molecular weight excluding hydrogens is 306 g/mol. The van der Waals surface area contributed by atoms with Gasteiger partial charge in [-0.15, -0.1) is 0 Å². The summed E-state index contributed by atoms with van der Waals surface area (Å²) in [5, 5.41) is 17.8. The van der Waals surface area contributed by atoms with Gasteiger partial charge in [-0.3, -0.25) is 4.68 Å². The van der Waals surface area contributed by atoms with E-state index in [9.17, 15) is 5.11 Å². The van der Waals surface area contributed by atoms with Gasteiger partial charge in [0.15, 0.2) is 0 Å². The molecule has 0 amide bonds. The summed E-state index contributed by atoms with van der Waals surface area (Å²) in [6.07, 6.45) is 5.85. The van der Waals surface area contributed by atoms with E-state index in [-0.39, 0.29) is 12.1 Å². The first-order valence-corrected chi connectivity index (χ1v) is 7.99. The molecule has 0 aromatic carbocycles. The molecule has 0 saturated heterocycles. The van der Waals surface area contributed by atoms with Crippen molar-refractivity contribution >= 4 is 15.9 Å². The molecule has 1 aromatic heterocycles. The minimum Gasteiger partial charge on any atom is -0.394 e. The van der Waals surface area contributed by atoms with Crippen LogP contribution in [-0.2, 0) is 13.1 Å². The van der Waals surface area contributed by atoms with Crippen molar-refractivity contribution in [3.05, 3.63) is 15.9 Å². The van der Waals surface area contributed by atoms with E-state index < -0.39 is 0 Å². The van der Waals surface area contributed by atoms with Crippen LogP contribution >= 0.6 is 15.9 Å². The first-order valence-electron chi connectivity index (χ1n) is 7.19. The van der Waals surface area contributed by atoms with E-state index in [1.54, 1.807) is 0 Å². The van der Waals surface area contributed by atoms with Crippen LogP contribution in [0.15, 0.2) is 4.47 Å². The van der Waals surface area contributed by atoms with E-state index in [0.717, 1.165) is 36.1 Å². The Labute approximate surface area is 123 Å². The van der Waals surface area contributed by atoms with Crippen molar-refractivity contribution in [2.24, 2.45) is 0 Å². The average Bonchev–Trinajstić information content (AvgIpc) is 2.73. The van der Waals surface area contributed by atoms with Gasteiger partial charge in [0.2, 0.25) is 0 Å². The second-order valence-electron chi connectivity index (χ2n) is 5.51. The molecule has 0 radical (unpaired) electrons. The second kappa shape index (κ2) is 6.37. The number of nitrogens with one attached hydrogen (secondary N) is 1. The molecule has 0 aliphatic heterocycles. The molecule has 1 fully saturated rings. The molecule has 2 rings (SSSR count). The maximum Gasteiger partial charge on any atom is 0.0739 e. The first-order chi connectivity index (χ1) is 9.12. The van der Waals surface area contributed by atoms with Crippen LogP contribution in [0.3, 0.4) is 0 Å². The highest BCUT2D eigenvalue weighted by atomic mass is 79.9. The number of rotatable bonds is 5. The fraction of sp³-hybridized carbons (Fsp3) is 0.786. The van der Waals surface area contributed by atoms with Crippen molar-refractivity contribution in [3.8, 4) is 0 Å². The van der Waals surface area contributed by atoms with Gasteiger partial charge in [0.05, 0.1) is 22.5 Å². The Balaban J connectivity index is 2.08. The third kappa shape index (κ3) is 3.20. The molecule has 0 atom stereocenters. The number of hydrogen-bond acceptors (Lipinski definition) is 3. The van der Waals surface area contributed by atoms with E-state index in [0.29, 0.717) is 0 Å². The summed E-state index contributed by atoms with van der Waals surface area (Å²) in [6.45, 7) is 5.97. The van der Waals surface area contributed by atoms with Gasteiger partial charge in [0.25, 0.3) is 0 Å². The lowest BCUT2D eigenvalue weighted by Crippen LogP contribution is -2.49. The van der Waals surface area contributed by atoms with Gasteiger partial charge in [0.1, 0.15) is 0 Å². The predicted molar refractivity (Wildman–Crippen MR) is 80.1 cm³/mol. The quantitative estimate of drug-likeness (QED) is 0.873. The molecule has 1 heterocycles. The van der Waals surface area contributed by atoms with E-state index in [4.69, 9.17) is 0 Å². The van der Waals surface area contributed by atoms with Crippen LogP contribution in [0.4, 0.5) is 0 Å². The summed E-state index contributed by atoms with van der Waals surface area (Å²) in [5.74, 6) is 0. The molecule has 1 saturated carbocycles. The number of aliphatic hydroxyl groups is 1. The Morgan fingerprint density at radius 3 is 2.63 bits per heavy atom. The Hall–Kier alpha value is -0.390. The van der Waals surface area contributed by atoms with Crippen LogP contribution in [0.2, 0.25) is 0 Å². The Bertz CT molecular complexity index is 425. The molecule has 0 bridgehead atoms. The van der Waals surface area contributed by atoms with Gasteiger partial charge in [-0.2, -0.15) is 5.10 Å². The summed E-state index contributed by atoms with van der Waals surface area (Å²) in [7, 11) is 0. The van der Waals surface area contributed by atoms with Crippen LogP contribution in [0.25, 0.3) is 0 Å². The van der Waals surface area contributed by atoms with Gasteiger partial charge in [-0.25, -0.2) is 0 Å². The molecule has 1 aliphatic rings. The van der Waals surface area contributed by atoms with Crippen LogP contribution in [0.5, 0.6) is 0 Å². The van der Waals surface area contributed by atoms with Crippen LogP contribution < -0.4 is 5.32 Å². The third-order valence-corrected chi connectivity index (χ3v) is 5.23. The molecular formula is C14H24BrN3O. The van der Waals surface area contributed by atoms with Crippen LogP contribution in [0, 0.1) is 6.92 Å². The lowest BCUT2D eigenvalue weighted by atomic mass is 9.82. The summed E-state index contributed by atoms with van der Waals surface area (Å²) >= 11 is 3.62. The maximum absolute atomic E-state index is 9.72. The summed E-state index contributed by atoms with van der Waals surface area (Å²) in [4.78, 5) is 0. The maximum atomic E-state index is 9.72. The van der Waals surface area contributed by atoms with Gasteiger partial charge >= 0.3 is 0 Å². The molecule has 2 N–H and O–H groups in total. The van der Waals surface area contributed by atoms with Gasteiger partial charge in [-0.1, -0.05) is 19.3 Å². The van der Waals surface area contributed by atoms with Gasteiger partial charge in [-0.05, 0) is 42.6 Å². The van der Waals surface area contributed by atoms with E-state index >= 15 is 0 Å². The largest absolute Gasteiger partial charge is 0.394 e. The molecule has 0 spiro atoms. The van der Waals surface area contributed by atoms with Crippen molar-refractivity contribution in [1.29, 1.82) is 0 Å². The van der Waals surface area contributed by atoms with Crippen molar-refractivity contribution in [2.45, 2.75) is 64.6 Å². The predicted octanol–water partition coefficient (Wildman–Crippen LogP) is 2.76. The number of aryl methyl sites for hydroxylation is 2. The van der Waals surface area contributed by atoms with E-state index in [2.05, 4.69) is 33.3 Å². The summed E-state index contributed by atoms with van der Waals surface area (Å²) in [5.41, 5.74) is 2.12. The molecule has 5 heteroatoms. The van der Waals surface area contributed by atoms with E-state index in [1.165, 1.54) is 25.0 Å². The fourth-order valence-corrected chi connectivity index (χ4v) is 3.35. The Morgan fingerprint density at radius 1 is 1.37 bits per heavy atom. The zero-order chi connectivity index (χ0) is 13.9. The number of aromatic nitrogens is 2. The standard InChI is InChI=1S/C14H24BrN3O/c1-3-18-12(13(15)11(2)17-18)9-16-14(10-19)7-5-4-6-8-14/h16,19H,3-10H2,1-2H3. The molecule has 4 nitrogen and oxygen atoms in total. The first kappa shape index (κ1) is 15.0. The lowest BCUT2D eigenvalue weighted by molar-refractivity contribution is 0.118. The Kier molecular flexibility index (Phi) is 5.03. The van der Waals surface area contributed by atoms with E-state index in [1.807, 2.05) is 11.6 Å². The van der Waals surface area contributed by atoms with Crippen LogP contribution in [-0.4, -0.2) is 27.0 Å². The van der Waals surface area contributed by atoms with Crippen molar-refractivity contribution in [2.75, 3.05) is 6.61 Å². The number of aliphatic hydroxyl groups excluding tert-OH is 1. The molecule has 19 heavy (non-hydrogen) atoms. The van der Waals surface area contributed by atoms with Crippen molar-refractivity contribution in [3.63, 3.8) is 0 Å². The summed E-state index contributed by atoms with van der Waals surface area (Å²) < 4.78 is 3.12. The zero-order valence-corrected chi connectivity index (χ0v) is 13.5. The minimum atomic E-state index is -0.0889. The number of hydrogen-bond donors (Lipinski definition) is 2. The monoisotopic (exact) mass is 329 g/mol. The normalized spacial score (nSPS) is 18.7. The summed E-state index contributed by atoms with van der Waals surface area (Å²) in [6, 6.07) is 0. The van der Waals surface area contributed by atoms with Crippen LogP contribution in [0.1, 0.15) is 50.4 Å². The van der Waals surface area contributed by atoms with Gasteiger partial charge < -0.3 is 10.4 Å². The average molecular weight is 330 g/mol. The topological polar surface area (TPSA) is 50.1 Å². The smallest absolute Gasteiger partial charge is 0.0739 e. The molecule has 108 valence electrons. The highest BCUT2D eigenvalue weighted by Crippen LogP contribution is 2.29. The van der Waals surface area contributed by atoms with Crippen molar-refractivity contribution < 1.29 is 5.11 Å². The minimum absolute atomic E-state index is 0.0889. The number of nitrogens with zero attached hydrogens (tertiary/aromatic N) is 2.